The summed E-state index contributed by atoms with van der Waals surface area (Å²) in [5.41, 5.74) is 6.89. The molecule has 6 nitrogen and oxygen atoms in total. The molecule has 0 radical (unpaired) electrons. The highest BCUT2D eigenvalue weighted by Gasteiger charge is 2.17. The van der Waals surface area contributed by atoms with Crippen molar-refractivity contribution < 1.29 is 8.42 Å². The van der Waals surface area contributed by atoms with E-state index in [-0.39, 0.29) is 9.79 Å². The average molecular weight is 300 g/mol. The molecule has 21 heavy (non-hydrogen) atoms. The molecule has 0 saturated carbocycles. The number of anilines is 1. The number of hydrogen-bond acceptors (Lipinski definition) is 5. The van der Waals surface area contributed by atoms with Gasteiger partial charge in [0.15, 0.2) is 0 Å². The smallest absolute Gasteiger partial charge is 0.206 e. The van der Waals surface area contributed by atoms with Gasteiger partial charge in [0.2, 0.25) is 9.84 Å². The highest BCUT2D eigenvalue weighted by molar-refractivity contribution is 7.91. The van der Waals surface area contributed by atoms with Crippen molar-refractivity contribution in [2.24, 2.45) is 0 Å². The Morgan fingerprint density at radius 1 is 0.810 bits per heavy atom. The van der Waals surface area contributed by atoms with E-state index in [1.54, 1.807) is 53.6 Å². The fourth-order valence-electron chi connectivity index (χ4n) is 1.91. The first kappa shape index (κ1) is 13.3. The third-order valence-corrected chi connectivity index (χ3v) is 4.84. The second-order valence-electron chi connectivity index (χ2n) is 4.44. The van der Waals surface area contributed by atoms with E-state index >= 15 is 0 Å². The molecule has 0 aliphatic rings. The predicted octanol–water partition coefficient (Wildman–Crippen LogP) is 1.68. The van der Waals surface area contributed by atoms with Gasteiger partial charge >= 0.3 is 0 Å². The van der Waals surface area contributed by atoms with Crippen LogP contribution in [0.2, 0.25) is 0 Å². The summed E-state index contributed by atoms with van der Waals surface area (Å²) in [5.74, 6) is 0. The molecular weight excluding hydrogens is 288 g/mol. The Kier molecular flexibility index (Phi) is 3.19. The third kappa shape index (κ3) is 2.50. The number of benzene rings is 2. The molecule has 0 spiro atoms. The van der Waals surface area contributed by atoms with Gasteiger partial charge in [-0.3, -0.25) is 4.57 Å². The van der Waals surface area contributed by atoms with Gasteiger partial charge in [-0.2, -0.15) is 0 Å². The quantitative estimate of drug-likeness (QED) is 0.743. The van der Waals surface area contributed by atoms with Crippen LogP contribution in [0.3, 0.4) is 0 Å². The molecule has 2 aromatic carbocycles. The maximum Gasteiger partial charge on any atom is 0.206 e. The number of nitrogens with zero attached hydrogens (tertiary/aromatic N) is 3. The van der Waals surface area contributed by atoms with Gasteiger partial charge in [-0.15, -0.1) is 10.2 Å². The molecule has 3 rings (SSSR count). The molecule has 106 valence electrons. The van der Waals surface area contributed by atoms with Crippen molar-refractivity contribution in [2.75, 3.05) is 5.73 Å². The maximum atomic E-state index is 12.5. The topological polar surface area (TPSA) is 90.9 Å². The van der Waals surface area contributed by atoms with Crippen molar-refractivity contribution in [3.05, 3.63) is 61.2 Å². The minimum absolute atomic E-state index is 0.216. The Morgan fingerprint density at radius 3 is 1.81 bits per heavy atom. The Bertz CT molecular complexity index is 839. The summed E-state index contributed by atoms with van der Waals surface area (Å²) in [4.78, 5) is 0.442. The van der Waals surface area contributed by atoms with Crippen molar-refractivity contribution in [2.45, 2.75) is 9.79 Å². The van der Waals surface area contributed by atoms with Crippen LogP contribution in [0.4, 0.5) is 5.69 Å². The fourth-order valence-corrected chi connectivity index (χ4v) is 3.18. The zero-order valence-electron chi connectivity index (χ0n) is 10.9. The summed E-state index contributed by atoms with van der Waals surface area (Å²) in [6, 6.07) is 12.6. The number of sulfone groups is 1. The zero-order valence-corrected chi connectivity index (χ0v) is 11.7. The Morgan fingerprint density at radius 2 is 1.29 bits per heavy atom. The summed E-state index contributed by atoms with van der Waals surface area (Å²) in [6.07, 6.45) is 3.09. The van der Waals surface area contributed by atoms with Crippen LogP contribution in [0.15, 0.2) is 71.0 Å². The minimum Gasteiger partial charge on any atom is -0.399 e. The van der Waals surface area contributed by atoms with E-state index in [0.717, 1.165) is 5.69 Å². The van der Waals surface area contributed by atoms with E-state index in [1.807, 2.05) is 0 Å². The van der Waals surface area contributed by atoms with Crippen LogP contribution < -0.4 is 5.73 Å². The zero-order chi connectivity index (χ0) is 14.9. The minimum atomic E-state index is -3.54. The van der Waals surface area contributed by atoms with Crippen molar-refractivity contribution in [1.29, 1.82) is 0 Å². The molecule has 0 aliphatic heterocycles. The Balaban J connectivity index is 1.98. The first-order valence-corrected chi connectivity index (χ1v) is 7.61. The molecule has 1 aromatic heterocycles. The van der Waals surface area contributed by atoms with E-state index in [1.165, 1.54) is 12.1 Å². The van der Waals surface area contributed by atoms with Gasteiger partial charge in [0.1, 0.15) is 12.7 Å². The summed E-state index contributed by atoms with van der Waals surface area (Å²) in [6.45, 7) is 0. The lowest BCUT2D eigenvalue weighted by atomic mass is 10.3. The molecule has 0 unspecified atom stereocenters. The molecule has 7 heteroatoms. The van der Waals surface area contributed by atoms with Crippen LogP contribution in [0, 0.1) is 0 Å². The predicted molar refractivity (Wildman–Crippen MR) is 77.7 cm³/mol. The van der Waals surface area contributed by atoms with Crippen LogP contribution in [-0.4, -0.2) is 23.2 Å². The molecule has 0 amide bonds. The largest absolute Gasteiger partial charge is 0.399 e. The third-order valence-electron chi connectivity index (χ3n) is 3.05. The van der Waals surface area contributed by atoms with E-state index in [0.29, 0.717) is 5.69 Å². The normalized spacial score (nSPS) is 11.4. The van der Waals surface area contributed by atoms with Crippen molar-refractivity contribution in [3.63, 3.8) is 0 Å². The number of hydrogen-bond donors (Lipinski definition) is 1. The van der Waals surface area contributed by atoms with Crippen LogP contribution >= 0.6 is 0 Å². The van der Waals surface area contributed by atoms with Gasteiger partial charge < -0.3 is 5.73 Å². The Labute approximate surface area is 121 Å². The van der Waals surface area contributed by atoms with Crippen molar-refractivity contribution >= 4 is 15.5 Å². The molecule has 2 N–H and O–H groups in total. The highest BCUT2D eigenvalue weighted by Crippen LogP contribution is 2.22. The van der Waals surface area contributed by atoms with Crippen LogP contribution in [0.5, 0.6) is 0 Å². The molecule has 3 aromatic rings. The molecule has 0 bridgehead atoms. The van der Waals surface area contributed by atoms with Crippen molar-refractivity contribution in [1.82, 2.24) is 14.8 Å². The Hall–Kier alpha value is -2.67. The van der Waals surface area contributed by atoms with Crippen LogP contribution in [0.25, 0.3) is 5.69 Å². The summed E-state index contributed by atoms with van der Waals surface area (Å²) in [7, 11) is -3.54. The van der Waals surface area contributed by atoms with Crippen LogP contribution in [0.1, 0.15) is 0 Å². The molecule has 0 aliphatic carbocycles. The molecule has 0 fully saturated rings. The highest BCUT2D eigenvalue weighted by atomic mass is 32.2. The maximum absolute atomic E-state index is 12.5. The van der Waals surface area contributed by atoms with Gasteiger partial charge in [-0.1, -0.05) is 0 Å². The van der Waals surface area contributed by atoms with E-state index in [4.69, 9.17) is 5.73 Å². The number of nitrogens with two attached hydrogens (primary N) is 1. The van der Waals surface area contributed by atoms with Gasteiger partial charge in [0, 0.05) is 11.4 Å². The SMILES string of the molecule is Nc1ccc(S(=O)(=O)c2ccc(-n3cnnc3)cc2)cc1. The number of nitrogen functional groups attached to an aromatic ring is 1. The molecule has 0 atom stereocenters. The average Bonchev–Trinajstić information content (AvgIpc) is 3.02. The summed E-state index contributed by atoms with van der Waals surface area (Å²) >= 11 is 0. The fraction of sp³-hybridized carbons (Fsp3) is 0. The summed E-state index contributed by atoms with van der Waals surface area (Å²) < 4.78 is 26.6. The van der Waals surface area contributed by atoms with E-state index < -0.39 is 9.84 Å². The molecular formula is C14H12N4O2S. The lowest BCUT2D eigenvalue weighted by Gasteiger charge is -2.06. The molecule has 0 saturated heterocycles. The van der Waals surface area contributed by atoms with E-state index in [2.05, 4.69) is 10.2 Å². The first-order chi connectivity index (χ1) is 10.1. The monoisotopic (exact) mass is 300 g/mol. The number of aromatic nitrogens is 3. The first-order valence-electron chi connectivity index (χ1n) is 6.13. The second-order valence-corrected chi connectivity index (χ2v) is 6.39. The standard InChI is InChI=1S/C14H12N4O2S/c15-11-1-5-13(6-2-11)21(19,20)14-7-3-12(4-8-14)18-9-16-17-10-18/h1-10H,15H2. The molecule has 1 heterocycles. The second kappa shape index (κ2) is 5.02. The van der Waals surface area contributed by atoms with Gasteiger partial charge in [-0.25, -0.2) is 8.42 Å². The van der Waals surface area contributed by atoms with Crippen LogP contribution in [-0.2, 0) is 9.84 Å². The van der Waals surface area contributed by atoms with Gasteiger partial charge in [0.25, 0.3) is 0 Å². The van der Waals surface area contributed by atoms with Gasteiger partial charge in [0.05, 0.1) is 9.79 Å². The lowest BCUT2D eigenvalue weighted by Crippen LogP contribution is -2.02. The van der Waals surface area contributed by atoms with Crippen molar-refractivity contribution in [3.8, 4) is 5.69 Å². The van der Waals surface area contributed by atoms with Gasteiger partial charge in [-0.05, 0) is 48.5 Å². The lowest BCUT2D eigenvalue weighted by molar-refractivity contribution is 0.596. The number of rotatable bonds is 3. The summed E-state index contributed by atoms with van der Waals surface area (Å²) in [5, 5.41) is 7.42. The van der Waals surface area contributed by atoms with E-state index in [9.17, 15) is 8.42 Å².